The summed E-state index contributed by atoms with van der Waals surface area (Å²) in [7, 11) is -1.32. The second-order valence-electron chi connectivity index (χ2n) is 4.75. The van der Waals surface area contributed by atoms with E-state index < -0.39 is 26.9 Å². The molecule has 7 nitrogen and oxygen atoms in total. The first kappa shape index (κ1) is 16.5. The molecule has 0 aromatic carbocycles. The monoisotopic (exact) mass is 337 g/mol. The summed E-state index contributed by atoms with van der Waals surface area (Å²) in [5.41, 5.74) is -0.000124. The van der Waals surface area contributed by atoms with Crippen molar-refractivity contribution in [2.75, 3.05) is 0 Å². The van der Waals surface area contributed by atoms with Crippen LogP contribution in [0.15, 0.2) is 17.3 Å². The van der Waals surface area contributed by atoms with E-state index in [4.69, 9.17) is 0 Å². The van der Waals surface area contributed by atoms with Crippen LogP contribution in [0.25, 0.3) is 0 Å². The van der Waals surface area contributed by atoms with Crippen LogP contribution in [0, 0.1) is 6.92 Å². The van der Waals surface area contributed by atoms with Crippen LogP contribution in [0.1, 0.15) is 17.0 Å². The Kier molecular flexibility index (Phi) is 4.04. The molecule has 0 saturated carbocycles. The van der Waals surface area contributed by atoms with Crippen molar-refractivity contribution in [3.63, 3.8) is 0 Å². The van der Waals surface area contributed by atoms with Crippen molar-refractivity contribution >= 4 is 10.0 Å². The molecule has 2 rings (SSSR count). The molecular formula is C11H14F3N5O2S. The van der Waals surface area contributed by atoms with Crippen molar-refractivity contribution < 1.29 is 21.6 Å². The number of sulfonamides is 1. The summed E-state index contributed by atoms with van der Waals surface area (Å²) in [6.07, 6.45) is -3.00. The fraction of sp³-hybridized carbons (Fsp3) is 0.455. The Labute approximate surface area is 124 Å². The molecule has 0 unspecified atom stereocenters. The summed E-state index contributed by atoms with van der Waals surface area (Å²) < 4.78 is 66.4. The third-order valence-corrected chi connectivity index (χ3v) is 4.40. The predicted octanol–water partition coefficient (Wildman–Crippen LogP) is 0.959. The quantitative estimate of drug-likeness (QED) is 0.901. The van der Waals surface area contributed by atoms with Crippen LogP contribution in [0.5, 0.6) is 0 Å². The maximum atomic E-state index is 12.6. The van der Waals surface area contributed by atoms with Crippen LogP contribution in [0.2, 0.25) is 0 Å². The van der Waals surface area contributed by atoms with Crippen molar-refractivity contribution in [2.24, 2.45) is 14.1 Å². The summed E-state index contributed by atoms with van der Waals surface area (Å²) in [4.78, 5) is 0. The minimum Gasteiger partial charge on any atom is -0.275 e. The number of halogens is 3. The Morgan fingerprint density at radius 2 is 1.91 bits per heavy atom. The number of alkyl halides is 3. The van der Waals surface area contributed by atoms with E-state index in [1.165, 1.54) is 4.68 Å². The van der Waals surface area contributed by atoms with E-state index >= 15 is 0 Å². The lowest BCUT2D eigenvalue weighted by Gasteiger charge is -2.05. The van der Waals surface area contributed by atoms with Gasteiger partial charge in [0.15, 0.2) is 10.7 Å². The first-order chi connectivity index (χ1) is 10.0. The number of hydrogen-bond donors (Lipinski definition) is 1. The van der Waals surface area contributed by atoms with Gasteiger partial charge in [0.05, 0.1) is 12.2 Å². The fourth-order valence-corrected chi connectivity index (χ4v) is 3.04. The molecule has 2 aromatic rings. The van der Waals surface area contributed by atoms with Gasteiger partial charge in [-0.3, -0.25) is 9.36 Å². The van der Waals surface area contributed by atoms with Gasteiger partial charge in [0.2, 0.25) is 0 Å². The van der Waals surface area contributed by atoms with Crippen molar-refractivity contribution in [1.29, 1.82) is 0 Å². The van der Waals surface area contributed by atoms with Gasteiger partial charge >= 0.3 is 6.18 Å². The molecule has 0 aliphatic heterocycles. The Morgan fingerprint density at radius 1 is 1.27 bits per heavy atom. The molecule has 0 bridgehead atoms. The molecule has 0 radical (unpaired) electrons. The van der Waals surface area contributed by atoms with Crippen LogP contribution in [0.4, 0.5) is 13.2 Å². The zero-order valence-electron chi connectivity index (χ0n) is 12.0. The first-order valence-corrected chi connectivity index (χ1v) is 7.59. The van der Waals surface area contributed by atoms with E-state index in [-0.39, 0.29) is 6.54 Å². The number of aryl methyl sites for hydroxylation is 3. The minimum absolute atomic E-state index is 0.123. The second-order valence-corrected chi connectivity index (χ2v) is 6.46. The number of hydrogen-bond acceptors (Lipinski definition) is 4. The molecular weight excluding hydrogens is 323 g/mol. The molecule has 0 amide bonds. The van der Waals surface area contributed by atoms with Gasteiger partial charge in [-0.15, -0.1) is 0 Å². The third-order valence-electron chi connectivity index (χ3n) is 2.95. The highest BCUT2D eigenvalue weighted by Gasteiger charge is 2.36. The topological polar surface area (TPSA) is 81.8 Å². The summed E-state index contributed by atoms with van der Waals surface area (Å²) in [5, 5.41) is 6.68. The number of aromatic nitrogens is 4. The van der Waals surface area contributed by atoms with Crippen molar-refractivity contribution in [3.05, 3.63) is 29.2 Å². The molecule has 0 atom stereocenters. The van der Waals surface area contributed by atoms with Crippen LogP contribution in [-0.4, -0.2) is 28.0 Å². The highest BCUT2D eigenvalue weighted by atomic mass is 32.2. The lowest BCUT2D eigenvalue weighted by atomic mass is 10.3. The molecule has 2 aromatic heterocycles. The molecule has 2 heterocycles. The first-order valence-electron chi connectivity index (χ1n) is 6.11. The van der Waals surface area contributed by atoms with Crippen LogP contribution < -0.4 is 4.72 Å². The Morgan fingerprint density at radius 3 is 2.36 bits per heavy atom. The summed E-state index contributed by atoms with van der Waals surface area (Å²) >= 11 is 0. The molecule has 0 fully saturated rings. The lowest BCUT2D eigenvalue weighted by molar-refractivity contribution is -0.141. The largest absolute Gasteiger partial charge is 0.435 e. The summed E-state index contributed by atoms with van der Waals surface area (Å²) in [6, 6.07) is 0.494. The molecule has 0 aliphatic carbocycles. The Balaban J connectivity index is 2.24. The Bertz CT molecular complexity index is 791. The molecule has 1 N–H and O–H groups in total. The zero-order chi connectivity index (χ0) is 16.7. The van der Waals surface area contributed by atoms with Gasteiger partial charge in [-0.25, -0.2) is 13.1 Å². The normalized spacial score (nSPS) is 12.8. The SMILES string of the molecule is Cc1cn(C)nc1CNS(=O)(=O)c1cc(C(F)(F)F)nn1C. The molecule has 122 valence electrons. The van der Waals surface area contributed by atoms with E-state index in [0.29, 0.717) is 16.4 Å². The van der Waals surface area contributed by atoms with Crippen LogP contribution >= 0.6 is 0 Å². The van der Waals surface area contributed by atoms with E-state index in [1.807, 2.05) is 0 Å². The average molecular weight is 337 g/mol. The van der Waals surface area contributed by atoms with Gasteiger partial charge in [-0.1, -0.05) is 0 Å². The number of nitrogens with zero attached hydrogens (tertiary/aromatic N) is 4. The van der Waals surface area contributed by atoms with Gasteiger partial charge in [0, 0.05) is 26.4 Å². The molecule has 22 heavy (non-hydrogen) atoms. The maximum Gasteiger partial charge on any atom is 0.435 e. The molecule has 11 heteroatoms. The highest BCUT2D eigenvalue weighted by molar-refractivity contribution is 7.89. The standard InChI is InChI=1S/C11H14F3N5O2S/c1-7-6-18(2)16-8(7)5-15-22(20,21)10-4-9(11(12,13)14)17-19(10)3/h4,6,15H,5H2,1-3H3. The predicted molar refractivity (Wildman–Crippen MR) is 70.2 cm³/mol. The van der Waals surface area contributed by atoms with Gasteiger partial charge in [0.1, 0.15) is 0 Å². The fourth-order valence-electron chi connectivity index (χ4n) is 1.91. The van der Waals surface area contributed by atoms with E-state index in [0.717, 1.165) is 12.6 Å². The zero-order valence-corrected chi connectivity index (χ0v) is 12.8. The van der Waals surface area contributed by atoms with E-state index in [9.17, 15) is 21.6 Å². The molecule has 0 aliphatic rings. The van der Waals surface area contributed by atoms with Crippen molar-refractivity contribution in [1.82, 2.24) is 24.3 Å². The summed E-state index contributed by atoms with van der Waals surface area (Å²) in [6.45, 7) is 1.63. The summed E-state index contributed by atoms with van der Waals surface area (Å²) in [5.74, 6) is 0. The average Bonchev–Trinajstić information content (AvgIpc) is 2.90. The van der Waals surface area contributed by atoms with E-state index in [2.05, 4.69) is 14.9 Å². The highest BCUT2D eigenvalue weighted by Crippen LogP contribution is 2.29. The van der Waals surface area contributed by atoms with Crippen molar-refractivity contribution in [2.45, 2.75) is 24.7 Å². The molecule has 0 spiro atoms. The third kappa shape index (κ3) is 3.30. The van der Waals surface area contributed by atoms with Gasteiger partial charge in [-0.05, 0) is 12.5 Å². The van der Waals surface area contributed by atoms with Crippen LogP contribution in [-0.2, 0) is 36.8 Å². The minimum atomic E-state index is -4.71. The van der Waals surface area contributed by atoms with Gasteiger partial charge in [-0.2, -0.15) is 23.4 Å². The second kappa shape index (κ2) is 5.39. The maximum absolute atomic E-state index is 12.6. The lowest BCUT2D eigenvalue weighted by Crippen LogP contribution is -2.25. The van der Waals surface area contributed by atoms with Crippen molar-refractivity contribution in [3.8, 4) is 0 Å². The molecule has 0 saturated heterocycles. The number of rotatable bonds is 4. The smallest absolute Gasteiger partial charge is 0.275 e. The van der Waals surface area contributed by atoms with Gasteiger partial charge < -0.3 is 0 Å². The van der Waals surface area contributed by atoms with E-state index in [1.54, 1.807) is 20.2 Å². The van der Waals surface area contributed by atoms with Crippen LogP contribution in [0.3, 0.4) is 0 Å². The number of nitrogens with one attached hydrogen (secondary N) is 1. The Hall–Kier alpha value is -1.88. The van der Waals surface area contributed by atoms with Gasteiger partial charge in [0.25, 0.3) is 10.0 Å².